The fourth-order valence-corrected chi connectivity index (χ4v) is 1.48. The molecule has 1 rings (SSSR count). The first-order valence-corrected chi connectivity index (χ1v) is 4.69. The average molecular weight is 223 g/mol. The third-order valence-corrected chi connectivity index (χ3v) is 2.32. The van der Waals surface area contributed by atoms with Gasteiger partial charge in [-0.3, -0.25) is 0 Å². The van der Waals surface area contributed by atoms with E-state index in [0.29, 0.717) is 16.0 Å². The van der Waals surface area contributed by atoms with Crippen LogP contribution in [0.1, 0.15) is 10.4 Å². The van der Waals surface area contributed by atoms with E-state index in [4.69, 9.17) is 19.4 Å². The molecule has 0 spiro atoms. The first-order valence-electron chi connectivity index (χ1n) is 4.32. The fraction of sp³-hybridized carbons (Fsp3) is 0.300. The van der Waals surface area contributed by atoms with Crippen molar-refractivity contribution in [1.82, 2.24) is 0 Å². The van der Waals surface area contributed by atoms with Crippen LogP contribution >= 0.6 is 11.6 Å². The summed E-state index contributed by atoms with van der Waals surface area (Å²) in [6.07, 6.45) is 0. The number of rotatable bonds is 2. The highest BCUT2D eigenvalue weighted by Crippen LogP contribution is 2.20. The maximum atomic E-state index is 11.4. The van der Waals surface area contributed by atoms with Crippen LogP contribution in [0.2, 0.25) is 5.02 Å². The molecule has 0 atom stereocenters. The Morgan fingerprint density at radius 2 is 2.07 bits per heavy atom. The number of ether oxygens (including phenoxy) is 1. The lowest BCUT2D eigenvalue weighted by molar-refractivity contribution is 0.0601. The Kier molecular flexibility index (Phi) is 3.64. The molecule has 0 bridgehead atoms. The molecule has 5 heteroatoms. The van der Waals surface area contributed by atoms with E-state index in [0.717, 1.165) is 5.69 Å². The van der Waals surface area contributed by atoms with Crippen LogP contribution in [-0.2, 0) is 4.74 Å². The van der Waals surface area contributed by atoms with E-state index in [1.165, 1.54) is 7.11 Å². The maximum Gasteiger partial charge on any atom is 0.339 e. The highest BCUT2D eigenvalue weighted by molar-refractivity contribution is 6.40. The zero-order chi connectivity index (χ0) is 11.6. The quantitative estimate of drug-likeness (QED) is 0.553. The average Bonchev–Trinajstić information content (AvgIpc) is 2.16. The smallest absolute Gasteiger partial charge is 0.339 e. The predicted octanol–water partition coefficient (Wildman–Crippen LogP) is 0.986. The maximum absolute atomic E-state index is 11.4. The Labute approximate surface area is 95.4 Å². The molecule has 0 unspecified atom stereocenters. The predicted molar refractivity (Wildman–Crippen MR) is 62.5 cm³/mol. The number of benzene rings is 1. The van der Waals surface area contributed by atoms with Crippen molar-refractivity contribution >= 4 is 36.6 Å². The van der Waals surface area contributed by atoms with E-state index < -0.39 is 5.97 Å². The largest absolute Gasteiger partial charge is 0.465 e. The molecule has 0 fully saturated rings. The van der Waals surface area contributed by atoms with E-state index >= 15 is 0 Å². The molecular formula is C10H11BClNO2. The molecule has 1 aromatic rings. The van der Waals surface area contributed by atoms with E-state index in [2.05, 4.69) is 4.74 Å². The van der Waals surface area contributed by atoms with Crippen molar-refractivity contribution in [3.05, 3.63) is 22.7 Å². The third kappa shape index (κ3) is 2.45. The lowest BCUT2D eigenvalue weighted by atomic mass is 9.92. The SMILES string of the molecule is [B]c1cc(Cl)c(C(=O)OC)cc1N(C)C. The summed E-state index contributed by atoms with van der Waals surface area (Å²) >= 11 is 5.88. The molecule has 0 aromatic heterocycles. The van der Waals surface area contributed by atoms with Crippen molar-refractivity contribution < 1.29 is 9.53 Å². The first-order chi connectivity index (χ1) is 6.97. The first kappa shape index (κ1) is 11.9. The van der Waals surface area contributed by atoms with Crippen LogP contribution in [0, 0.1) is 0 Å². The molecule has 2 radical (unpaired) electrons. The second kappa shape index (κ2) is 4.58. The molecule has 0 saturated heterocycles. The van der Waals surface area contributed by atoms with Gasteiger partial charge in [0, 0.05) is 19.8 Å². The topological polar surface area (TPSA) is 29.5 Å². The Bertz CT molecular complexity index is 393. The molecule has 1 aromatic carbocycles. The molecule has 3 nitrogen and oxygen atoms in total. The van der Waals surface area contributed by atoms with Gasteiger partial charge < -0.3 is 9.64 Å². The summed E-state index contributed by atoms with van der Waals surface area (Å²) in [4.78, 5) is 13.2. The second-order valence-corrected chi connectivity index (χ2v) is 3.68. The van der Waals surface area contributed by atoms with Crippen LogP contribution < -0.4 is 10.4 Å². The number of methoxy groups -OCH3 is 1. The Balaban J connectivity index is 3.29. The summed E-state index contributed by atoms with van der Waals surface area (Å²) in [5, 5.41) is 0.296. The van der Waals surface area contributed by atoms with Gasteiger partial charge in [-0.15, -0.1) is 0 Å². The number of carbonyl (C=O) groups excluding carboxylic acids is 1. The lowest BCUT2D eigenvalue weighted by Crippen LogP contribution is -2.20. The standard InChI is InChI=1S/C10H11BClNO2/c1-13(2)9-4-6(10(14)15-3)8(12)5-7(9)11/h4-5H,1-3H3. The molecule has 0 amide bonds. The normalized spacial score (nSPS) is 9.87. The zero-order valence-electron chi connectivity index (χ0n) is 8.87. The molecule has 0 saturated carbocycles. The molecular weight excluding hydrogens is 212 g/mol. The van der Waals surface area contributed by atoms with Crippen molar-refractivity contribution in [2.45, 2.75) is 0 Å². The third-order valence-electron chi connectivity index (χ3n) is 2.00. The van der Waals surface area contributed by atoms with Gasteiger partial charge in [-0.05, 0) is 12.1 Å². The van der Waals surface area contributed by atoms with Crippen LogP contribution in [-0.4, -0.2) is 35.0 Å². The minimum absolute atomic E-state index is 0.296. The molecule has 0 N–H and O–H groups in total. The lowest BCUT2D eigenvalue weighted by Gasteiger charge is -2.17. The van der Waals surface area contributed by atoms with Gasteiger partial charge in [0.1, 0.15) is 7.85 Å². The summed E-state index contributed by atoms with van der Waals surface area (Å²) in [6.45, 7) is 0. The molecule has 0 heterocycles. The van der Waals surface area contributed by atoms with Crippen LogP contribution in [0.4, 0.5) is 5.69 Å². The van der Waals surface area contributed by atoms with E-state index in [-0.39, 0.29) is 0 Å². The number of hydrogen-bond acceptors (Lipinski definition) is 3. The van der Waals surface area contributed by atoms with E-state index in [9.17, 15) is 4.79 Å². The van der Waals surface area contributed by atoms with Crippen molar-refractivity contribution in [2.24, 2.45) is 0 Å². The summed E-state index contributed by atoms with van der Waals surface area (Å²) in [5.74, 6) is -0.469. The summed E-state index contributed by atoms with van der Waals surface area (Å²) < 4.78 is 4.61. The molecule has 0 aliphatic heterocycles. The van der Waals surface area contributed by atoms with Gasteiger partial charge in [0.25, 0.3) is 0 Å². The number of halogens is 1. The summed E-state index contributed by atoms with van der Waals surface area (Å²) in [5.41, 5.74) is 1.58. The summed E-state index contributed by atoms with van der Waals surface area (Å²) in [7, 11) is 10.7. The second-order valence-electron chi connectivity index (χ2n) is 3.28. The minimum Gasteiger partial charge on any atom is -0.465 e. The van der Waals surface area contributed by atoms with E-state index in [1.807, 2.05) is 14.1 Å². The van der Waals surface area contributed by atoms with Crippen molar-refractivity contribution in [3.8, 4) is 0 Å². The number of hydrogen-bond donors (Lipinski definition) is 0. The van der Waals surface area contributed by atoms with Gasteiger partial charge in [0.2, 0.25) is 0 Å². The molecule has 78 valence electrons. The van der Waals surface area contributed by atoms with Crippen LogP contribution in [0.25, 0.3) is 0 Å². The van der Waals surface area contributed by atoms with Gasteiger partial charge in [0.15, 0.2) is 0 Å². The van der Waals surface area contributed by atoms with Crippen LogP contribution in [0.3, 0.4) is 0 Å². The summed E-state index contributed by atoms with van der Waals surface area (Å²) in [6, 6.07) is 3.16. The Morgan fingerprint density at radius 3 is 2.53 bits per heavy atom. The molecule has 0 aliphatic rings. The van der Waals surface area contributed by atoms with Crippen molar-refractivity contribution in [1.29, 1.82) is 0 Å². The van der Waals surface area contributed by atoms with Gasteiger partial charge in [-0.1, -0.05) is 17.1 Å². The van der Waals surface area contributed by atoms with Crippen molar-refractivity contribution in [3.63, 3.8) is 0 Å². The Morgan fingerprint density at radius 1 is 1.47 bits per heavy atom. The highest BCUT2D eigenvalue weighted by Gasteiger charge is 2.13. The van der Waals surface area contributed by atoms with Gasteiger partial charge in [0.05, 0.1) is 17.7 Å². The zero-order valence-corrected chi connectivity index (χ0v) is 9.63. The fourth-order valence-electron chi connectivity index (χ4n) is 1.23. The monoisotopic (exact) mass is 223 g/mol. The Hall–Kier alpha value is -1.16. The van der Waals surface area contributed by atoms with Crippen LogP contribution in [0.5, 0.6) is 0 Å². The highest BCUT2D eigenvalue weighted by atomic mass is 35.5. The number of anilines is 1. The number of nitrogens with zero attached hydrogens (tertiary/aromatic N) is 1. The number of esters is 1. The molecule has 0 aliphatic carbocycles. The van der Waals surface area contributed by atoms with Gasteiger partial charge in [-0.2, -0.15) is 0 Å². The number of carbonyl (C=O) groups is 1. The molecule has 15 heavy (non-hydrogen) atoms. The van der Waals surface area contributed by atoms with Crippen molar-refractivity contribution in [2.75, 3.05) is 26.1 Å². The minimum atomic E-state index is -0.469. The van der Waals surface area contributed by atoms with E-state index in [1.54, 1.807) is 17.0 Å². The van der Waals surface area contributed by atoms with Gasteiger partial charge >= 0.3 is 5.97 Å². The van der Waals surface area contributed by atoms with Crippen LogP contribution in [0.15, 0.2) is 12.1 Å². The van der Waals surface area contributed by atoms with Gasteiger partial charge in [-0.25, -0.2) is 4.79 Å².